The fourth-order valence-corrected chi connectivity index (χ4v) is 3.91. The van der Waals surface area contributed by atoms with E-state index in [2.05, 4.69) is 44.2 Å². The Labute approximate surface area is 181 Å². The lowest BCUT2D eigenvalue weighted by Gasteiger charge is -2.18. The van der Waals surface area contributed by atoms with Crippen LogP contribution in [-0.4, -0.2) is 40.6 Å². The van der Waals surface area contributed by atoms with Crippen LogP contribution in [0.4, 0.5) is 5.82 Å². The Bertz CT molecular complexity index is 954. The highest BCUT2D eigenvalue weighted by Crippen LogP contribution is 2.29. The summed E-state index contributed by atoms with van der Waals surface area (Å²) in [5.41, 5.74) is 2.79. The second-order valence-electron chi connectivity index (χ2n) is 7.42. The number of aromatic amines is 1. The zero-order valence-corrected chi connectivity index (χ0v) is 18.0. The van der Waals surface area contributed by atoms with Gasteiger partial charge in [-0.3, -0.25) is 0 Å². The molecule has 1 atom stereocenters. The first-order valence-electron chi connectivity index (χ1n) is 10.1. The lowest BCUT2D eigenvalue weighted by molar-refractivity contribution is 0.536. The van der Waals surface area contributed by atoms with Crippen molar-refractivity contribution in [3.63, 3.8) is 0 Å². The lowest BCUT2D eigenvalue weighted by Crippen LogP contribution is -2.33. The van der Waals surface area contributed by atoms with Crippen molar-refractivity contribution in [1.29, 1.82) is 0 Å². The van der Waals surface area contributed by atoms with E-state index in [1.54, 1.807) is 12.3 Å². The molecule has 3 aromatic rings. The minimum atomic E-state index is 0.527. The molecule has 2 N–H and O–H groups in total. The van der Waals surface area contributed by atoms with Gasteiger partial charge < -0.3 is 15.2 Å². The van der Waals surface area contributed by atoms with E-state index in [1.807, 2.05) is 18.3 Å². The van der Waals surface area contributed by atoms with Crippen LogP contribution in [0.3, 0.4) is 0 Å². The molecule has 1 aliphatic rings. The van der Waals surface area contributed by atoms with Crippen molar-refractivity contribution in [2.75, 3.05) is 24.5 Å². The minimum absolute atomic E-state index is 0.527. The number of H-pyrrole nitrogens is 1. The number of anilines is 1. The number of unbranched alkanes of at least 4 members (excludes halogenated alkanes) is 1. The molecule has 1 aromatic carbocycles. The number of halogens is 2. The van der Waals surface area contributed by atoms with Gasteiger partial charge in [0.2, 0.25) is 0 Å². The van der Waals surface area contributed by atoms with E-state index in [0.29, 0.717) is 16.1 Å². The molecule has 1 fully saturated rings. The Morgan fingerprint density at radius 3 is 2.72 bits per heavy atom. The van der Waals surface area contributed by atoms with Gasteiger partial charge in [0.05, 0.1) is 21.9 Å². The molecular weight excluding hydrogens is 405 g/mol. The van der Waals surface area contributed by atoms with Crippen molar-refractivity contribution >= 4 is 29.0 Å². The summed E-state index contributed by atoms with van der Waals surface area (Å²) in [4.78, 5) is 14.9. The number of nitrogens with zero attached hydrogens (tertiary/aromatic N) is 3. The van der Waals surface area contributed by atoms with Crippen LogP contribution >= 0.6 is 23.2 Å². The summed E-state index contributed by atoms with van der Waals surface area (Å²) in [7, 11) is 0. The van der Waals surface area contributed by atoms with Crippen LogP contribution in [-0.2, 0) is 0 Å². The molecule has 5 nitrogen and oxygen atoms in total. The summed E-state index contributed by atoms with van der Waals surface area (Å²) in [5.74, 6) is 1.80. The zero-order valence-electron chi connectivity index (χ0n) is 16.5. The molecule has 0 amide bonds. The molecule has 0 spiro atoms. The third-order valence-corrected chi connectivity index (χ3v) is 6.04. The van der Waals surface area contributed by atoms with Gasteiger partial charge in [0, 0.05) is 36.5 Å². The molecular formula is C22H25Cl2N5. The first-order valence-corrected chi connectivity index (χ1v) is 10.8. The Kier molecular flexibility index (Phi) is 6.38. The molecule has 3 heterocycles. The molecule has 152 valence electrons. The van der Waals surface area contributed by atoms with E-state index < -0.39 is 0 Å². The second-order valence-corrected chi connectivity index (χ2v) is 8.23. The van der Waals surface area contributed by atoms with Crippen molar-refractivity contribution in [2.45, 2.75) is 32.2 Å². The van der Waals surface area contributed by atoms with Gasteiger partial charge in [-0.15, -0.1) is 0 Å². The van der Waals surface area contributed by atoms with E-state index >= 15 is 0 Å². The first kappa shape index (κ1) is 20.2. The van der Waals surface area contributed by atoms with Gasteiger partial charge in [-0.2, -0.15) is 0 Å². The fourth-order valence-electron chi connectivity index (χ4n) is 3.61. The SMILES string of the molecule is CCCCNC1CCN(c2ccc(-c3ncc(-c4ccc(Cl)c(Cl)c4)[nH]3)cn2)C1. The number of rotatable bonds is 7. The van der Waals surface area contributed by atoms with Gasteiger partial charge in [-0.1, -0.05) is 42.6 Å². The van der Waals surface area contributed by atoms with E-state index in [-0.39, 0.29) is 0 Å². The summed E-state index contributed by atoms with van der Waals surface area (Å²) >= 11 is 12.1. The average Bonchev–Trinajstić information content (AvgIpc) is 3.41. The van der Waals surface area contributed by atoms with Gasteiger partial charge in [0.25, 0.3) is 0 Å². The number of nitrogens with one attached hydrogen (secondary N) is 2. The molecule has 0 bridgehead atoms. The van der Waals surface area contributed by atoms with Gasteiger partial charge in [-0.05, 0) is 43.7 Å². The molecule has 1 aliphatic heterocycles. The number of aromatic nitrogens is 3. The summed E-state index contributed by atoms with van der Waals surface area (Å²) in [6.45, 7) is 5.37. The first-order chi connectivity index (χ1) is 14.1. The second kappa shape index (κ2) is 9.16. The van der Waals surface area contributed by atoms with Crippen molar-refractivity contribution in [2.24, 2.45) is 0 Å². The summed E-state index contributed by atoms with van der Waals surface area (Å²) in [6, 6.07) is 10.2. The molecule has 1 saturated heterocycles. The molecule has 2 aromatic heterocycles. The Morgan fingerprint density at radius 2 is 1.97 bits per heavy atom. The van der Waals surface area contributed by atoms with Crippen molar-refractivity contribution in [1.82, 2.24) is 20.3 Å². The van der Waals surface area contributed by atoms with Crippen LogP contribution in [0.15, 0.2) is 42.7 Å². The number of benzene rings is 1. The maximum atomic E-state index is 6.13. The number of imidazole rings is 1. The third kappa shape index (κ3) is 4.74. The topological polar surface area (TPSA) is 56.8 Å². The largest absolute Gasteiger partial charge is 0.355 e. The highest BCUT2D eigenvalue weighted by atomic mass is 35.5. The minimum Gasteiger partial charge on any atom is -0.355 e. The summed E-state index contributed by atoms with van der Waals surface area (Å²) < 4.78 is 0. The monoisotopic (exact) mass is 429 g/mol. The molecule has 0 radical (unpaired) electrons. The predicted octanol–water partition coefficient (Wildman–Crippen LogP) is 5.41. The third-order valence-electron chi connectivity index (χ3n) is 5.30. The predicted molar refractivity (Wildman–Crippen MR) is 121 cm³/mol. The van der Waals surface area contributed by atoms with Gasteiger partial charge in [0.1, 0.15) is 11.6 Å². The van der Waals surface area contributed by atoms with Crippen molar-refractivity contribution < 1.29 is 0 Å². The Balaban J connectivity index is 1.42. The molecule has 4 rings (SSSR count). The van der Waals surface area contributed by atoms with E-state index in [1.165, 1.54) is 19.3 Å². The lowest BCUT2D eigenvalue weighted by atomic mass is 10.2. The molecule has 7 heteroatoms. The van der Waals surface area contributed by atoms with Crippen LogP contribution in [0.25, 0.3) is 22.6 Å². The van der Waals surface area contributed by atoms with E-state index in [0.717, 1.165) is 48.1 Å². The Morgan fingerprint density at radius 1 is 1.10 bits per heavy atom. The van der Waals surface area contributed by atoms with Crippen LogP contribution in [0.1, 0.15) is 26.2 Å². The summed E-state index contributed by atoms with van der Waals surface area (Å²) in [6.07, 6.45) is 7.31. The van der Waals surface area contributed by atoms with Crippen LogP contribution in [0.5, 0.6) is 0 Å². The van der Waals surface area contributed by atoms with E-state index in [9.17, 15) is 0 Å². The molecule has 0 saturated carbocycles. The normalized spacial score (nSPS) is 16.5. The van der Waals surface area contributed by atoms with Crippen molar-refractivity contribution in [3.8, 4) is 22.6 Å². The van der Waals surface area contributed by atoms with E-state index in [4.69, 9.17) is 23.2 Å². The van der Waals surface area contributed by atoms with Crippen LogP contribution in [0, 0.1) is 0 Å². The fraction of sp³-hybridized carbons (Fsp3) is 0.364. The quantitative estimate of drug-likeness (QED) is 0.492. The number of hydrogen-bond donors (Lipinski definition) is 2. The van der Waals surface area contributed by atoms with Gasteiger partial charge in [0.15, 0.2) is 0 Å². The van der Waals surface area contributed by atoms with Crippen molar-refractivity contribution in [3.05, 3.63) is 52.8 Å². The highest BCUT2D eigenvalue weighted by Gasteiger charge is 2.22. The zero-order chi connectivity index (χ0) is 20.2. The molecule has 1 unspecified atom stereocenters. The van der Waals surface area contributed by atoms with Crippen LogP contribution in [0.2, 0.25) is 10.0 Å². The standard InChI is InChI=1S/C22H25Cl2N5/c1-2-3-9-25-17-8-10-29(14-17)21-7-5-16(12-26-21)22-27-13-20(28-22)15-4-6-18(23)19(24)11-15/h4-7,11-13,17,25H,2-3,8-10,14H2,1H3,(H,27,28). The number of hydrogen-bond acceptors (Lipinski definition) is 4. The average molecular weight is 430 g/mol. The van der Waals surface area contributed by atoms with Gasteiger partial charge in [-0.25, -0.2) is 9.97 Å². The van der Waals surface area contributed by atoms with Crippen LogP contribution < -0.4 is 10.2 Å². The highest BCUT2D eigenvalue weighted by molar-refractivity contribution is 6.42. The van der Waals surface area contributed by atoms with Gasteiger partial charge >= 0.3 is 0 Å². The number of pyridine rings is 1. The molecule has 29 heavy (non-hydrogen) atoms. The summed E-state index contributed by atoms with van der Waals surface area (Å²) in [5, 5.41) is 4.71. The maximum Gasteiger partial charge on any atom is 0.139 e. The Hall–Kier alpha value is -2.08. The maximum absolute atomic E-state index is 6.13. The molecule has 0 aliphatic carbocycles. The smallest absolute Gasteiger partial charge is 0.139 e.